The van der Waals surface area contributed by atoms with Gasteiger partial charge in [-0.1, -0.05) is 48.0 Å². The molecule has 0 fully saturated rings. The van der Waals surface area contributed by atoms with Gasteiger partial charge in [-0.05, 0) is 85.7 Å². The fourth-order valence-electron chi connectivity index (χ4n) is 4.17. The first-order chi connectivity index (χ1) is 15.8. The van der Waals surface area contributed by atoms with E-state index in [0.717, 1.165) is 22.7 Å². The van der Waals surface area contributed by atoms with Crippen molar-refractivity contribution >= 4 is 33.2 Å². The van der Waals surface area contributed by atoms with Gasteiger partial charge in [-0.25, -0.2) is 8.42 Å². The molecular weight excluding hydrogens is 456 g/mol. The molecule has 0 saturated heterocycles. The molecule has 3 aromatic rings. The predicted octanol–water partition coefficient (Wildman–Crippen LogP) is 5.29. The maximum atomic E-state index is 13.4. The van der Waals surface area contributed by atoms with E-state index in [9.17, 15) is 13.2 Å². The number of benzene rings is 3. The van der Waals surface area contributed by atoms with Gasteiger partial charge in [-0.2, -0.15) is 0 Å². The van der Waals surface area contributed by atoms with Crippen molar-refractivity contribution < 1.29 is 13.2 Å². The van der Waals surface area contributed by atoms with Gasteiger partial charge in [-0.15, -0.1) is 0 Å². The molecule has 4 rings (SSSR count). The van der Waals surface area contributed by atoms with E-state index in [0.29, 0.717) is 10.7 Å². The van der Waals surface area contributed by atoms with E-state index < -0.39 is 10.0 Å². The third-order valence-electron chi connectivity index (χ3n) is 5.98. The summed E-state index contributed by atoms with van der Waals surface area (Å²) >= 11 is 5.99. The van der Waals surface area contributed by atoms with Gasteiger partial charge < -0.3 is 5.32 Å². The molecule has 1 atom stereocenters. The molecule has 0 radical (unpaired) electrons. The lowest BCUT2D eigenvalue weighted by atomic mass is 9.89. The van der Waals surface area contributed by atoms with E-state index in [1.807, 2.05) is 13.0 Å². The van der Waals surface area contributed by atoms with Crippen LogP contribution in [0.5, 0.6) is 0 Å². The van der Waals surface area contributed by atoms with E-state index in [1.165, 1.54) is 36.1 Å². The predicted molar refractivity (Wildman–Crippen MR) is 132 cm³/mol. The number of rotatable bonds is 7. The van der Waals surface area contributed by atoms with Crippen LogP contribution in [-0.2, 0) is 27.7 Å². The Kier molecular flexibility index (Phi) is 7.05. The van der Waals surface area contributed by atoms with Crippen LogP contribution >= 0.6 is 11.6 Å². The molecule has 0 saturated carbocycles. The van der Waals surface area contributed by atoms with Crippen LogP contribution < -0.4 is 9.62 Å². The normalized spacial score (nSPS) is 14.2. The number of nitrogens with one attached hydrogen (secondary N) is 1. The van der Waals surface area contributed by atoms with Crippen molar-refractivity contribution in [1.29, 1.82) is 0 Å². The van der Waals surface area contributed by atoms with Gasteiger partial charge in [-0.3, -0.25) is 9.10 Å². The van der Waals surface area contributed by atoms with Crippen LogP contribution in [0.1, 0.15) is 42.5 Å². The highest BCUT2D eigenvalue weighted by molar-refractivity contribution is 7.92. The Balaban J connectivity index is 1.56. The number of hydrogen-bond donors (Lipinski definition) is 1. The number of fused-ring (bicyclic) bond motifs is 1. The Hall–Kier alpha value is -2.83. The molecule has 5 nitrogen and oxygen atoms in total. The maximum Gasteiger partial charge on any atom is 0.264 e. The van der Waals surface area contributed by atoms with Crippen molar-refractivity contribution in [3.63, 3.8) is 0 Å². The smallest absolute Gasteiger partial charge is 0.264 e. The van der Waals surface area contributed by atoms with Gasteiger partial charge in [0.1, 0.15) is 6.54 Å². The summed E-state index contributed by atoms with van der Waals surface area (Å²) in [5, 5.41) is 3.45. The molecule has 1 unspecified atom stereocenters. The number of carbonyl (C=O) groups excluding carboxylic acids is 1. The largest absolute Gasteiger partial charge is 0.348 e. The van der Waals surface area contributed by atoms with Gasteiger partial charge in [0, 0.05) is 5.02 Å². The average molecular weight is 483 g/mol. The second-order valence-corrected chi connectivity index (χ2v) is 10.6. The molecule has 33 heavy (non-hydrogen) atoms. The second kappa shape index (κ2) is 9.98. The number of anilines is 1. The SMILES string of the molecule is CC(NC(=O)CN(c1ccc(Cl)cc1)S(=O)(=O)c1ccccc1)c1ccc2c(c1)CCCC2. The third-order valence-corrected chi connectivity index (χ3v) is 8.02. The van der Waals surface area contributed by atoms with Gasteiger partial charge >= 0.3 is 0 Å². The Morgan fingerprint density at radius 2 is 1.64 bits per heavy atom. The van der Waals surface area contributed by atoms with Gasteiger partial charge in [0.05, 0.1) is 16.6 Å². The summed E-state index contributed by atoms with van der Waals surface area (Å²) in [6.07, 6.45) is 4.56. The van der Waals surface area contributed by atoms with Gasteiger partial charge in [0.25, 0.3) is 10.0 Å². The summed E-state index contributed by atoms with van der Waals surface area (Å²) in [4.78, 5) is 13.1. The van der Waals surface area contributed by atoms with Crippen LogP contribution in [-0.4, -0.2) is 20.9 Å². The number of aryl methyl sites for hydroxylation is 2. The zero-order chi connectivity index (χ0) is 23.4. The molecule has 1 aliphatic carbocycles. The maximum absolute atomic E-state index is 13.4. The Morgan fingerprint density at radius 1 is 0.970 bits per heavy atom. The van der Waals surface area contributed by atoms with Crippen LogP contribution in [0.3, 0.4) is 0 Å². The van der Waals surface area contributed by atoms with E-state index in [4.69, 9.17) is 11.6 Å². The van der Waals surface area contributed by atoms with Crippen molar-refractivity contribution in [3.8, 4) is 0 Å². The van der Waals surface area contributed by atoms with Crippen molar-refractivity contribution in [2.75, 3.05) is 10.8 Å². The molecule has 7 heteroatoms. The van der Waals surface area contributed by atoms with E-state index in [2.05, 4.69) is 17.4 Å². The molecule has 0 bridgehead atoms. The summed E-state index contributed by atoms with van der Waals surface area (Å²) in [5.41, 5.74) is 4.12. The summed E-state index contributed by atoms with van der Waals surface area (Å²) in [6.45, 7) is 1.58. The van der Waals surface area contributed by atoms with E-state index in [-0.39, 0.29) is 23.4 Å². The Bertz CT molecular complexity index is 1230. The topological polar surface area (TPSA) is 66.5 Å². The van der Waals surface area contributed by atoms with Crippen molar-refractivity contribution in [2.24, 2.45) is 0 Å². The minimum atomic E-state index is -3.95. The monoisotopic (exact) mass is 482 g/mol. The molecule has 0 heterocycles. The third kappa shape index (κ3) is 5.40. The molecule has 0 aromatic heterocycles. The standard InChI is InChI=1S/C26H27ClN2O3S/c1-19(21-12-11-20-7-5-6-8-22(20)17-21)28-26(30)18-29(24-15-13-23(27)14-16-24)33(31,32)25-9-3-2-4-10-25/h2-4,9-17,19H,5-8,18H2,1H3,(H,28,30). The van der Waals surface area contributed by atoms with Gasteiger partial charge in [0.15, 0.2) is 0 Å². The van der Waals surface area contributed by atoms with Crippen molar-refractivity contribution in [1.82, 2.24) is 5.32 Å². The highest BCUT2D eigenvalue weighted by Crippen LogP contribution is 2.27. The molecule has 0 spiro atoms. The second-order valence-electron chi connectivity index (χ2n) is 8.33. The van der Waals surface area contributed by atoms with Crippen LogP contribution in [0.2, 0.25) is 5.02 Å². The van der Waals surface area contributed by atoms with Crippen LogP contribution in [0, 0.1) is 0 Å². The number of carbonyl (C=O) groups is 1. The molecule has 1 N–H and O–H groups in total. The molecule has 3 aromatic carbocycles. The lowest BCUT2D eigenvalue weighted by molar-refractivity contribution is -0.120. The minimum Gasteiger partial charge on any atom is -0.348 e. The number of hydrogen-bond acceptors (Lipinski definition) is 3. The first kappa shape index (κ1) is 23.3. The zero-order valence-corrected chi connectivity index (χ0v) is 20.1. The van der Waals surface area contributed by atoms with Crippen molar-refractivity contribution in [2.45, 2.75) is 43.5 Å². The summed E-state index contributed by atoms with van der Waals surface area (Å²) < 4.78 is 27.9. The highest BCUT2D eigenvalue weighted by Gasteiger charge is 2.27. The van der Waals surface area contributed by atoms with Gasteiger partial charge in [0.2, 0.25) is 5.91 Å². The highest BCUT2D eigenvalue weighted by atomic mass is 35.5. The number of amides is 1. The van der Waals surface area contributed by atoms with Crippen LogP contribution in [0.25, 0.3) is 0 Å². The molecular formula is C26H27ClN2O3S. The lowest BCUT2D eigenvalue weighted by Gasteiger charge is -2.25. The van der Waals surface area contributed by atoms with Crippen LogP contribution in [0.15, 0.2) is 77.7 Å². The first-order valence-electron chi connectivity index (χ1n) is 11.1. The van der Waals surface area contributed by atoms with Crippen LogP contribution in [0.4, 0.5) is 5.69 Å². The Morgan fingerprint density at radius 3 is 2.33 bits per heavy atom. The quantitative estimate of drug-likeness (QED) is 0.497. The number of nitrogens with zero attached hydrogens (tertiary/aromatic N) is 1. The van der Waals surface area contributed by atoms with E-state index >= 15 is 0 Å². The summed E-state index contributed by atoms with van der Waals surface area (Å²) in [6, 6.07) is 20.6. The van der Waals surface area contributed by atoms with E-state index in [1.54, 1.807) is 42.5 Å². The summed E-state index contributed by atoms with van der Waals surface area (Å²) in [5.74, 6) is -0.380. The fourth-order valence-corrected chi connectivity index (χ4v) is 5.73. The fraction of sp³-hybridized carbons (Fsp3) is 0.269. The molecule has 172 valence electrons. The molecule has 0 aliphatic heterocycles. The van der Waals surface area contributed by atoms with Crippen molar-refractivity contribution in [3.05, 3.63) is 94.5 Å². The number of halogens is 1. The first-order valence-corrected chi connectivity index (χ1v) is 12.9. The Labute approximate surface area is 200 Å². The lowest BCUT2D eigenvalue weighted by Crippen LogP contribution is -2.41. The molecule has 1 aliphatic rings. The average Bonchev–Trinajstić information content (AvgIpc) is 2.83. The zero-order valence-electron chi connectivity index (χ0n) is 18.5. The summed E-state index contributed by atoms with van der Waals surface area (Å²) in [7, 11) is -3.95. The molecule has 1 amide bonds. The number of sulfonamides is 1. The minimum absolute atomic E-state index is 0.121.